The molecule has 0 radical (unpaired) electrons. The van der Waals surface area contributed by atoms with Crippen LogP contribution in [0.1, 0.15) is 23.2 Å². The van der Waals surface area contributed by atoms with Gasteiger partial charge >= 0.3 is 5.97 Å². The third-order valence-electron chi connectivity index (χ3n) is 6.37. The fraction of sp³-hybridized carbons (Fsp3) is 0.286. The molecule has 4 unspecified atom stereocenters. The molecule has 0 saturated carbocycles. The molecule has 4 atom stereocenters. The molecule has 0 aliphatic heterocycles. The van der Waals surface area contributed by atoms with E-state index in [-0.39, 0.29) is 30.8 Å². The van der Waals surface area contributed by atoms with Gasteiger partial charge in [-0.2, -0.15) is 0 Å². The zero-order valence-corrected chi connectivity index (χ0v) is 22.9. The second-order valence-electron chi connectivity index (χ2n) is 9.82. The number of nitrogens with two attached hydrogens (primary N) is 2. The van der Waals surface area contributed by atoms with Crippen molar-refractivity contribution in [1.82, 2.24) is 25.9 Å². The number of nitrogens with one attached hydrogen (secondary N) is 4. The van der Waals surface area contributed by atoms with Gasteiger partial charge < -0.3 is 47.7 Å². The molecule has 3 rings (SSSR count). The lowest BCUT2D eigenvalue weighted by Gasteiger charge is -2.24. The van der Waals surface area contributed by atoms with E-state index < -0.39 is 60.2 Å². The van der Waals surface area contributed by atoms with E-state index in [1.165, 1.54) is 48.9 Å². The van der Waals surface area contributed by atoms with E-state index in [2.05, 4.69) is 25.9 Å². The third kappa shape index (κ3) is 10.2. The van der Waals surface area contributed by atoms with Crippen LogP contribution in [0.15, 0.2) is 61.1 Å². The van der Waals surface area contributed by atoms with E-state index in [1.54, 1.807) is 12.1 Å². The highest BCUT2D eigenvalue weighted by atomic mass is 16.4. The minimum atomic E-state index is -1.57. The average molecular weight is 596 g/mol. The van der Waals surface area contributed by atoms with Crippen LogP contribution >= 0.6 is 0 Å². The summed E-state index contributed by atoms with van der Waals surface area (Å²) in [5.74, 6) is -4.86. The van der Waals surface area contributed by atoms with Gasteiger partial charge in [0.1, 0.15) is 29.6 Å². The molecule has 0 aliphatic rings. The maximum absolute atomic E-state index is 13.4. The summed E-state index contributed by atoms with van der Waals surface area (Å²) in [6, 6.07) is 6.37. The molecule has 15 nitrogen and oxygen atoms in total. The van der Waals surface area contributed by atoms with Crippen LogP contribution in [-0.2, 0) is 43.2 Å². The number of carbonyl (C=O) groups is 5. The van der Waals surface area contributed by atoms with Gasteiger partial charge in [-0.05, 0) is 41.8 Å². The number of primary amides is 1. The van der Waals surface area contributed by atoms with Crippen LogP contribution in [0.2, 0.25) is 0 Å². The molecule has 1 aromatic heterocycles. The number of imidazole rings is 1. The summed E-state index contributed by atoms with van der Waals surface area (Å²) < 4.78 is 0. The third-order valence-corrected chi connectivity index (χ3v) is 6.37. The van der Waals surface area contributed by atoms with Crippen molar-refractivity contribution >= 4 is 29.6 Å². The first kappa shape index (κ1) is 32.1. The van der Waals surface area contributed by atoms with Crippen molar-refractivity contribution in [3.8, 4) is 11.5 Å². The average Bonchev–Trinajstić information content (AvgIpc) is 3.47. The Labute approximate surface area is 245 Å². The number of rotatable bonds is 15. The summed E-state index contributed by atoms with van der Waals surface area (Å²) >= 11 is 0. The van der Waals surface area contributed by atoms with Gasteiger partial charge in [0.2, 0.25) is 23.6 Å². The van der Waals surface area contributed by atoms with Gasteiger partial charge in [-0.1, -0.05) is 24.3 Å². The molecule has 11 N–H and O–H groups in total. The first-order valence-corrected chi connectivity index (χ1v) is 13.1. The van der Waals surface area contributed by atoms with Crippen molar-refractivity contribution in [2.45, 2.75) is 49.9 Å². The van der Waals surface area contributed by atoms with Gasteiger partial charge in [-0.15, -0.1) is 0 Å². The Bertz CT molecular complexity index is 1410. The van der Waals surface area contributed by atoms with Crippen molar-refractivity contribution in [1.29, 1.82) is 0 Å². The van der Waals surface area contributed by atoms with Crippen LogP contribution in [0.4, 0.5) is 0 Å². The first-order valence-electron chi connectivity index (χ1n) is 13.1. The zero-order chi connectivity index (χ0) is 31.5. The molecule has 0 aliphatic carbocycles. The van der Waals surface area contributed by atoms with Gasteiger partial charge in [-0.3, -0.25) is 19.2 Å². The van der Waals surface area contributed by atoms with Crippen LogP contribution in [-0.4, -0.2) is 79.1 Å². The summed E-state index contributed by atoms with van der Waals surface area (Å²) in [6.07, 6.45) is 1.98. The van der Waals surface area contributed by atoms with E-state index in [0.717, 1.165) is 0 Å². The van der Waals surface area contributed by atoms with Crippen molar-refractivity contribution in [3.05, 3.63) is 77.9 Å². The summed E-state index contributed by atoms with van der Waals surface area (Å²) in [6.45, 7) is 0. The maximum atomic E-state index is 13.4. The number of aliphatic carboxylic acids is 1. The normalized spacial score (nSPS) is 13.6. The number of phenolic OH excluding ortho intramolecular Hbond substituents is 2. The molecule has 1 heterocycles. The van der Waals surface area contributed by atoms with Crippen LogP contribution in [0.25, 0.3) is 0 Å². The molecule has 2 aromatic carbocycles. The van der Waals surface area contributed by atoms with E-state index in [1.807, 2.05) is 0 Å². The van der Waals surface area contributed by atoms with Gasteiger partial charge in [0.05, 0.1) is 18.8 Å². The number of carbonyl (C=O) groups excluding carboxylic acids is 4. The number of carboxylic acids is 1. The number of aromatic nitrogens is 2. The maximum Gasteiger partial charge on any atom is 0.326 e. The van der Waals surface area contributed by atoms with Gasteiger partial charge in [0.25, 0.3) is 0 Å². The Morgan fingerprint density at radius 2 is 1.26 bits per heavy atom. The number of H-pyrrole nitrogens is 1. The van der Waals surface area contributed by atoms with Crippen molar-refractivity contribution < 1.29 is 39.3 Å². The minimum absolute atomic E-state index is 0.0259. The lowest BCUT2D eigenvalue weighted by molar-refractivity contribution is -0.142. The number of phenols is 2. The van der Waals surface area contributed by atoms with E-state index in [4.69, 9.17) is 11.5 Å². The lowest BCUT2D eigenvalue weighted by Crippen LogP contribution is -2.58. The Balaban J connectivity index is 1.74. The number of carboxylic acid groups (broad SMARTS) is 1. The SMILES string of the molecule is NC(=O)CC(NC(=O)C(Cc1cnc[nH]1)NC(=O)C(N)Cc1ccc(O)cc1)C(=O)NC(Cc1ccc(O)cc1)C(=O)O. The van der Waals surface area contributed by atoms with Crippen molar-refractivity contribution in [3.63, 3.8) is 0 Å². The van der Waals surface area contributed by atoms with Crippen molar-refractivity contribution in [2.24, 2.45) is 11.5 Å². The first-order chi connectivity index (χ1) is 20.4. The molecule has 228 valence electrons. The number of aromatic amines is 1. The molecule has 0 saturated heterocycles. The Morgan fingerprint density at radius 3 is 1.77 bits per heavy atom. The fourth-order valence-electron chi connectivity index (χ4n) is 4.11. The number of aromatic hydroxyl groups is 2. The minimum Gasteiger partial charge on any atom is -0.508 e. The highest BCUT2D eigenvalue weighted by Gasteiger charge is 2.32. The van der Waals surface area contributed by atoms with Gasteiger partial charge in [0, 0.05) is 24.7 Å². The molecule has 43 heavy (non-hydrogen) atoms. The predicted octanol–water partition coefficient (Wildman–Crippen LogP) is -1.41. The Morgan fingerprint density at radius 1 is 0.744 bits per heavy atom. The highest BCUT2D eigenvalue weighted by molar-refractivity contribution is 5.96. The monoisotopic (exact) mass is 595 g/mol. The largest absolute Gasteiger partial charge is 0.508 e. The quantitative estimate of drug-likeness (QED) is 0.0991. The number of amides is 4. The van der Waals surface area contributed by atoms with Gasteiger partial charge in [0.15, 0.2) is 0 Å². The molecule has 0 spiro atoms. The predicted molar refractivity (Wildman–Crippen MR) is 151 cm³/mol. The second-order valence-corrected chi connectivity index (χ2v) is 9.82. The van der Waals surface area contributed by atoms with E-state index in [0.29, 0.717) is 16.8 Å². The molecular weight excluding hydrogens is 562 g/mol. The van der Waals surface area contributed by atoms with E-state index in [9.17, 15) is 39.3 Å². The molecule has 3 aromatic rings. The molecule has 0 bridgehead atoms. The van der Waals surface area contributed by atoms with Crippen LogP contribution in [0, 0.1) is 0 Å². The number of benzene rings is 2. The molecular formula is C28H33N7O8. The topological polar surface area (TPSA) is 263 Å². The Hall–Kier alpha value is -5.44. The summed E-state index contributed by atoms with van der Waals surface area (Å²) in [4.78, 5) is 69.7. The Kier molecular flexibility index (Phi) is 11.2. The van der Waals surface area contributed by atoms with Crippen LogP contribution < -0.4 is 27.4 Å². The highest BCUT2D eigenvalue weighted by Crippen LogP contribution is 2.13. The number of nitrogens with zero attached hydrogens (tertiary/aromatic N) is 1. The summed E-state index contributed by atoms with van der Waals surface area (Å²) in [5, 5.41) is 35.8. The lowest BCUT2D eigenvalue weighted by atomic mass is 10.0. The zero-order valence-electron chi connectivity index (χ0n) is 22.9. The smallest absolute Gasteiger partial charge is 0.326 e. The molecule has 0 fully saturated rings. The van der Waals surface area contributed by atoms with Crippen LogP contribution in [0.3, 0.4) is 0 Å². The van der Waals surface area contributed by atoms with E-state index >= 15 is 0 Å². The van der Waals surface area contributed by atoms with Crippen LogP contribution in [0.5, 0.6) is 11.5 Å². The standard InChI is InChI=1S/C28H33N7O8/c29-20(9-15-1-5-18(36)6-2-15)25(39)33-21(11-17-13-31-14-32-17)26(40)34-22(12-24(30)38)27(41)35-23(28(42)43)10-16-3-7-19(37)8-4-16/h1-8,13-14,20-23,36-37H,9-12,29H2,(H2,30,38)(H,31,32)(H,33,39)(H,34,40)(H,35,41)(H,42,43). The summed E-state index contributed by atoms with van der Waals surface area (Å²) in [7, 11) is 0. The molecule has 15 heteroatoms. The fourth-order valence-corrected chi connectivity index (χ4v) is 4.11. The summed E-state index contributed by atoms with van der Waals surface area (Å²) in [5.41, 5.74) is 13.0. The molecule has 4 amide bonds. The number of hydrogen-bond acceptors (Lipinski definition) is 9. The van der Waals surface area contributed by atoms with Crippen molar-refractivity contribution in [2.75, 3.05) is 0 Å². The second kappa shape index (κ2) is 15.0. The van der Waals surface area contributed by atoms with Gasteiger partial charge in [-0.25, -0.2) is 9.78 Å². The number of hydrogen-bond donors (Lipinski definition) is 9.